The van der Waals surface area contributed by atoms with Gasteiger partial charge in [-0.3, -0.25) is 4.79 Å². The summed E-state index contributed by atoms with van der Waals surface area (Å²) in [5, 5.41) is 0. The molecule has 3 fully saturated rings. The van der Waals surface area contributed by atoms with E-state index in [1.807, 2.05) is 0 Å². The summed E-state index contributed by atoms with van der Waals surface area (Å²) in [7, 11) is 0. The van der Waals surface area contributed by atoms with Crippen LogP contribution in [0.15, 0.2) is 24.3 Å². The Morgan fingerprint density at radius 3 is 2.52 bits per heavy atom. The minimum absolute atomic E-state index is 0. The van der Waals surface area contributed by atoms with Crippen LogP contribution < -0.4 is 5.73 Å². The number of likely N-dealkylation sites (tertiary alicyclic amines) is 1. The van der Waals surface area contributed by atoms with Gasteiger partial charge in [0.1, 0.15) is 0 Å². The third-order valence-electron chi connectivity index (χ3n) is 6.98. The molecule has 3 unspecified atom stereocenters. The zero-order valence-electron chi connectivity index (χ0n) is 15.2. The zero-order valence-corrected chi connectivity index (χ0v) is 16.1. The minimum Gasteiger partial charge on any atom is -0.341 e. The first-order chi connectivity index (χ1) is 11.6. The molecule has 138 valence electrons. The smallest absolute Gasteiger partial charge is 0.233 e. The van der Waals surface area contributed by atoms with Crippen LogP contribution in [-0.2, 0) is 10.2 Å². The van der Waals surface area contributed by atoms with E-state index in [1.165, 1.54) is 36.8 Å². The van der Waals surface area contributed by atoms with Gasteiger partial charge in [0, 0.05) is 19.1 Å². The van der Waals surface area contributed by atoms with Gasteiger partial charge in [-0.1, -0.05) is 43.5 Å². The maximum Gasteiger partial charge on any atom is 0.233 e. The number of nitrogens with two attached hydrogens (primary N) is 1. The number of hydrogen-bond donors (Lipinski definition) is 1. The van der Waals surface area contributed by atoms with Crippen LogP contribution in [0.3, 0.4) is 0 Å². The fourth-order valence-electron chi connectivity index (χ4n) is 5.64. The van der Waals surface area contributed by atoms with Crippen molar-refractivity contribution in [2.75, 3.05) is 13.1 Å². The van der Waals surface area contributed by atoms with Crippen molar-refractivity contribution in [2.45, 2.75) is 63.3 Å². The summed E-state index contributed by atoms with van der Waals surface area (Å²) in [6, 6.07) is 8.84. The second-order valence-electron chi connectivity index (χ2n) is 8.33. The first kappa shape index (κ1) is 18.7. The topological polar surface area (TPSA) is 46.3 Å². The molecule has 3 nitrogen and oxygen atoms in total. The van der Waals surface area contributed by atoms with Gasteiger partial charge >= 0.3 is 0 Å². The maximum atomic E-state index is 13.7. The monoisotopic (exact) mass is 362 g/mol. The normalized spacial score (nSPS) is 30.6. The molecule has 0 bridgehead atoms. The van der Waals surface area contributed by atoms with Crippen LogP contribution in [-0.4, -0.2) is 29.9 Å². The molecule has 2 aliphatic carbocycles. The number of rotatable bonds is 2. The molecule has 1 aromatic rings. The Hall–Kier alpha value is -1.06. The number of carbonyl (C=O) groups is 1. The molecule has 1 saturated heterocycles. The zero-order chi connectivity index (χ0) is 16.7. The van der Waals surface area contributed by atoms with Crippen molar-refractivity contribution in [1.82, 2.24) is 4.90 Å². The predicted octanol–water partition coefficient (Wildman–Crippen LogP) is 3.81. The Morgan fingerprint density at radius 1 is 1.12 bits per heavy atom. The van der Waals surface area contributed by atoms with Gasteiger partial charge in [-0.05, 0) is 55.6 Å². The number of nitrogens with zero attached hydrogens (tertiary/aromatic N) is 1. The second kappa shape index (κ2) is 7.28. The van der Waals surface area contributed by atoms with E-state index in [-0.39, 0.29) is 17.8 Å². The van der Waals surface area contributed by atoms with Gasteiger partial charge in [0.05, 0.1) is 5.41 Å². The number of amides is 1. The Kier molecular flexibility index (Phi) is 5.45. The van der Waals surface area contributed by atoms with Crippen LogP contribution in [0.2, 0.25) is 0 Å². The fraction of sp³-hybridized carbons (Fsp3) is 0.667. The van der Waals surface area contributed by atoms with Crippen LogP contribution in [0.25, 0.3) is 0 Å². The third-order valence-corrected chi connectivity index (χ3v) is 6.98. The van der Waals surface area contributed by atoms with Crippen molar-refractivity contribution in [1.29, 1.82) is 0 Å². The number of benzene rings is 1. The minimum atomic E-state index is -0.285. The van der Waals surface area contributed by atoms with Crippen LogP contribution in [0.4, 0.5) is 0 Å². The summed E-state index contributed by atoms with van der Waals surface area (Å²) in [5.74, 6) is 1.56. The molecule has 3 aliphatic rings. The SMILES string of the molecule is Cc1ccccc1C1(C(=O)N2CC3CCC(N)C3C2)CCCCC1.Cl. The van der Waals surface area contributed by atoms with Crippen molar-refractivity contribution in [3.05, 3.63) is 35.4 Å². The summed E-state index contributed by atoms with van der Waals surface area (Å²) in [6.45, 7) is 3.98. The number of aryl methyl sites for hydroxylation is 1. The van der Waals surface area contributed by atoms with E-state index in [0.717, 1.165) is 32.4 Å². The third kappa shape index (κ3) is 3.10. The van der Waals surface area contributed by atoms with Gasteiger partial charge < -0.3 is 10.6 Å². The lowest BCUT2D eigenvalue weighted by Gasteiger charge is -2.40. The molecule has 2 saturated carbocycles. The van der Waals surface area contributed by atoms with Crippen LogP contribution in [0.5, 0.6) is 0 Å². The molecule has 25 heavy (non-hydrogen) atoms. The highest BCUT2D eigenvalue weighted by Gasteiger charge is 2.49. The molecule has 3 atom stereocenters. The van der Waals surface area contributed by atoms with Gasteiger partial charge in [-0.2, -0.15) is 0 Å². The molecule has 1 amide bonds. The number of fused-ring (bicyclic) bond motifs is 1. The van der Waals surface area contributed by atoms with Gasteiger partial charge in [0.25, 0.3) is 0 Å². The van der Waals surface area contributed by atoms with E-state index in [1.54, 1.807) is 0 Å². The molecule has 4 heteroatoms. The molecular formula is C21H31ClN2O. The van der Waals surface area contributed by atoms with Crippen LogP contribution in [0, 0.1) is 18.8 Å². The molecule has 0 aromatic heterocycles. The fourth-order valence-corrected chi connectivity index (χ4v) is 5.64. The lowest BCUT2D eigenvalue weighted by atomic mass is 9.67. The standard InChI is InChI=1S/C21H30N2O.ClH/c1-15-7-3-4-8-18(15)21(11-5-2-6-12-21)20(24)23-13-16-9-10-19(22)17(16)14-23;/h3-4,7-8,16-17,19H,2,5-6,9-14,22H2,1H3;1H. The van der Waals surface area contributed by atoms with Crippen LogP contribution >= 0.6 is 12.4 Å². The first-order valence-corrected chi connectivity index (χ1v) is 9.73. The molecule has 2 N–H and O–H groups in total. The molecular weight excluding hydrogens is 332 g/mol. The largest absolute Gasteiger partial charge is 0.341 e. The lowest BCUT2D eigenvalue weighted by molar-refractivity contribution is -0.138. The summed E-state index contributed by atoms with van der Waals surface area (Å²) in [6.07, 6.45) is 7.95. The maximum absolute atomic E-state index is 13.7. The van der Waals surface area contributed by atoms with E-state index < -0.39 is 0 Å². The summed E-state index contributed by atoms with van der Waals surface area (Å²) < 4.78 is 0. The first-order valence-electron chi connectivity index (χ1n) is 9.73. The summed E-state index contributed by atoms with van der Waals surface area (Å²) in [5.41, 5.74) is 8.55. The summed E-state index contributed by atoms with van der Waals surface area (Å²) in [4.78, 5) is 15.9. The quantitative estimate of drug-likeness (QED) is 0.869. The average Bonchev–Trinajstić information content (AvgIpc) is 3.17. The van der Waals surface area contributed by atoms with Crippen LogP contribution in [0.1, 0.15) is 56.1 Å². The van der Waals surface area contributed by atoms with Crippen molar-refractivity contribution in [3.63, 3.8) is 0 Å². The van der Waals surface area contributed by atoms with Gasteiger partial charge in [0.15, 0.2) is 0 Å². The highest BCUT2D eigenvalue weighted by molar-refractivity contribution is 5.89. The van der Waals surface area contributed by atoms with Crippen molar-refractivity contribution >= 4 is 18.3 Å². The van der Waals surface area contributed by atoms with Gasteiger partial charge in [-0.15, -0.1) is 12.4 Å². The Bertz CT molecular complexity index is 626. The molecule has 1 aliphatic heterocycles. The van der Waals surface area contributed by atoms with E-state index >= 15 is 0 Å². The second-order valence-corrected chi connectivity index (χ2v) is 8.33. The van der Waals surface area contributed by atoms with E-state index in [9.17, 15) is 4.79 Å². The van der Waals surface area contributed by atoms with E-state index in [0.29, 0.717) is 23.8 Å². The van der Waals surface area contributed by atoms with Gasteiger partial charge in [-0.25, -0.2) is 0 Å². The van der Waals surface area contributed by atoms with E-state index in [4.69, 9.17) is 5.73 Å². The number of hydrogen-bond acceptors (Lipinski definition) is 2. The lowest BCUT2D eigenvalue weighted by Crippen LogP contribution is -2.48. The highest BCUT2D eigenvalue weighted by atomic mass is 35.5. The molecule has 0 spiro atoms. The van der Waals surface area contributed by atoms with E-state index in [2.05, 4.69) is 36.1 Å². The predicted molar refractivity (Wildman–Crippen MR) is 104 cm³/mol. The van der Waals surface area contributed by atoms with Crippen molar-refractivity contribution < 1.29 is 4.79 Å². The molecule has 1 heterocycles. The molecule has 0 radical (unpaired) electrons. The number of carbonyl (C=O) groups excluding carboxylic acids is 1. The Labute approximate surface area is 157 Å². The number of halogens is 1. The average molecular weight is 363 g/mol. The van der Waals surface area contributed by atoms with Crippen molar-refractivity contribution in [3.8, 4) is 0 Å². The Morgan fingerprint density at radius 2 is 1.84 bits per heavy atom. The highest BCUT2D eigenvalue weighted by Crippen LogP contribution is 2.45. The van der Waals surface area contributed by atoms with Gasteiger partial charge in [0.2, 0.25) is 5.91 Å². The Balaban J connectivity index is 0.00000182. The molecule has 1 aromatic carbocycles. The molecule has 4 rings (SSSR count). The van der Waals surface area contributed by atoms with Crippen molar-refractivity contribution in [2.24, 2.45) is 17.6 Å². The summed E-state index contributed by atoms with van der Waals surface area (Å²) >= 11 is 0.